The van der Waals surface area contributed by atoms with Crippen molar-refractivity contribution in [2.24, 2.45) is 0 Å². The fourth-order valence-electron chi connectivity index (χ4n) is 4.96. The zero-order chi connectivity index (χ0) is 14.7. The normalized spacial score (nSPS) is 31.1. The molecule has 0 amide bonds. The molecule has 0 radical (unpaired) electrons. The van der Waals surface area contributed by atoms with Crippen molar-refractivity contribution >= 4 is 5.97 Å². The number of nitrogens with zero attached hydrogens (tertiary/aromatic N) is 1. The number of hydrogen-bond acceptors (Lipinski definition) is 2. The lowest BCUT2D eigenvalue weighted by molar-refractivity contribution is -0.950. The van der Waals surface area contributed by atoms with Crippen LogP contribution in [0.1, 0.15) is 64.2 Å². The summed E-state index contributed by atoms with van der Waals surface area (Å²) >= 11 is 0. The van der Waals surface area contributed by atoms with Crippen LogP contribution in [0.25, 0.3) is 0 Å². The molecule has 21 heavy (non-hydrogen) atoms. The number of hydrogen-bond donors (Lipinski definition) is 2. The summed E-state index contributed by atoms with van der Waals surface area (Å²) in [5.41, 5.74) is 0. The molecule has 118 valence electrons. The lowest BCUT2D eigenvalue weighted by Gasteiger charge is -2.53. The van der Waals surface area contributed by atoms with Gasteiger partial charge in [-0.1, -0.05) is 12.8 Å². The maximum absolute atomic E-state index is 11.9. The topological polar surface area (TPSA) is 49.3 Å². The number of nitrogens with one attached hydrogen (secondary N) is 1. The molecule has 1 unspecified atom stereocenters. The summed E-state index contributed by atoms with van der Waals surface area (Å²) in [6, 6.07) is 0.985. The second-order valence-corrected chi connectivity index (χ2v) is 7.01. The molecule has 0 spiro atoms. The Hall–Kier alpha value is -0.870. The Morgan fingerprint density at radius 3 is 1.95 bits per heavy atom. The lowest BCUT2D eigenvalue weighted by Crippen LogP contribution is -2.71. The predicted octanol–water partition coefficient (Wildman–Crippen LogP) is 3.00. The van der Waals surface area contributed by atoms with Crippen LogP contribution in [0.5, 0.6) is 0 Å². The molecule has 0 aromatic rings. The van der Waals surface area contributed by atoms with Crippen LogP contribution in [0, 0.1) is 0 Å². The average molecular weight is 293 g/mol. The number of carbonyl (C=O) groups is 1. The van der Waals surface area contributed by atoms with Crippen molar-refractivity contribution in [2.45, 2.75) is 82.5 Å². The largest absolute Gasteiger partial charge is 0.476 e. The third-order valence-corrected chi connectivity index (χ3v) is 5.89. The van der Waals surface area contributed by atoms with Crippen molar-refractivity contribution < 1.29 is 14.4 Å². The van der Waals surface area contributed by atoms with E-state index in [1.807, 2.05) is 0 Å². The first-order valence-corrected chi connectivity index (χ1v) is 8.77. The number of carboxylic acid groups (broad SMARTS) is 1. The summed E-state index contributed by atoms with van der Waals surface area (Å²) in [5, 5.41) is 13.1. The van der Waals surface area contributed by atoms with Crippen molar-refractivity contribution in [1.82, 2.24) is 5.32 Å². The summed E-state index contributed by atoms with van der Waals surface area (Å²) in [6.45, 7) is 0.691. The van der Waals surface area contributed by atoms with Crippen molar-refractivity contribution in [3.05, 3.63) is 12.3 Å². The Balaban J connectivity index is 1.96. The molecule has 0 bridgehead atoms. The molecule has 1 atom stereocenters. The Labute approximate surface area is 127 Å². The predicted molar refractivity (Wildman–Crippen MR) is 82.6 cm³/mol. The summed E-state index contributed by atoms with van der Waals surface area (Å²) in [4.78, 5) is 11.9. The monoisotopic (exact) mass is 293 g/mol. The summed E-state index contributed by atoms with van der Waals surface area (Å²) < 4.78 is 0.690. The fourth-order valence-corrected chi connectivity index (χ4v) is 4.96. The van der Waals surface area contributed by atoms with Gasteiger partial charge in [0.05, 0.1) is 18.3 Å². The molecule has 4 nitrogen and oxygen atoms in total. The summed E-state index contributed by atoms with van der Waals surface area (Å²) in [7, 11) is 0. The third kappa shape index (κ3) is 2.76. The Kier molecular flexibility index (Phi) is 4.65. The molecule has 4 heteroatoms. The zero-order valence-electron chi connectivity index (χ0n) is 13.0. The van der Waals surface area contributed by atoms with E-state index in [4.69, 9.17) is 0 Å². The van der Waals surface area contributed by atoms with E-state index in [9.17, 15) is 9.90 Å². The molecule has 2 fully saturated rings. The van der Waals surface area contributed by atoms with E-state index in [0.717, 1.165) is 0 Å². The van der Waals surface area contributed by atoms with Gasteiger partial charge in [-0.25, -0.2) is 4.79 Å². The molecule has 2 aliphatic carbocycles. The Morgan fingerprint density at radius 2 is 1.48 bits per heavy atom. The van der Waals surface area contributed by atoms with Gasteiger partial charge in [0.25, 0.3) is 0 Å². The van der Waals surface area contributed by atoms with Crippen molar-refractivity contribution in [2.75, 3.05) is 6.54 Å². The zero-order valence-corrected chi connectivity index (χ0v) is 13.0. The van der Waals surface area contributed by atoms with Crippen LogP contribution in [-0.4, -0.2) is 40.4 Å². The van der Waals surface area contributed by atoms with Gasteiger partial charge in [-0.2, -0.15) is 0 Å². The van der Waals surface area contributed by atoms with Crippen molar-refractivity contribution in [3.8, 4) is 0 Å². The van der Waals surface area contributed by atoms with E-state index in [1.54, 1.807) is 0 Å². The maximum Gasteiger partial charge on any atom is 0.379 e. The summed E-state index contributed by atoms with van der Waals surface area (Å²) in [6.07, 6.45) is 16.4. The van der Waals surface area contributed by atoms with Gasteiger partial charge in [-0.15, -0.1) is 0 Å². The number of aliphatic carboxylic acids is 1. The van der Waals surface area contributed by atoms with Crippen LogP contribution < -0.4 is 5.32 Å². The molecular weight excluding hydrogens is 264 g/mol. The van der Waals surface area contributed by atoms with Crippen LogP contribution in [0.3, 0.4) is 0 Å². The Bertz CT molecular complexity index is 378. The van der Waals surface area contributed by atoms with Gasteiger partial charge >= 0.3 is 5.97 Å². The molecule has 2 N–H and O–H groups in total. The van der Waals surface area contributed by atoms with E-state index < -0.39 is 12.1 Å². The van der Waals surface area contributed by atoms with Crippen LogP contribution in [0.4, 0.5) is 0 Å². The van der Waals surface area contributed by atoms with Gasteiger partial charge in [0.1, 0.15) is 0 Å². The minimum absolute atomic E-state index is 0.443. The number of quaternary nitrogens is 1. The first kappa shape index (κ1) is 15.0. The van der Waals surface area contributed by atoms with E-state index >= 15 is 0 Å². The van der Waals surface area contributed by atoms with E-state index in [-0.39, 0.29) is 0 Å². The molecular formula is C17H29N2O2+. The molecule has 3 rings (SSSR count). The fraction of sp³-hybridized carbons (Fsp3) is 0.824. The van der Waals surface area contributed by atoms with E-state index in [2.05, 4.69) is 17.6 Å². The molecule has 0 saturated heterocycles. The second-order valence-electron chi connectivity index (χ2n) is 7.01. The molecule has 0 aromatic heterocycles. The van der Waals surface area contributed by atoms with Crippen LogP contribution in [0.15, 0.2) is 12.3 Å². The number of rotatable bonds is 3. The van der Waals surface area contributed by atoms with Crippen molar-refractivity contribution in [3.63, 3.8) is 0 Å². The molecule has 0 aromatic carbocycles. The molecule has 2 saturated carbocycles. The van der Waals surface area contributed by atoms with Crippen molar-refractivity contribution in [1.29, 1.82) is 0 Å². The van der Waals surface area contributed by atoms with Gasteiger partial charge in [0.2, 0.25) is 6.17 Å². The van der Waals surface area contributed by atoms with Gasteiger partial charge in [-0.3, -0.25) is 9.80 Å². The van der Waals surface area contributed by atoms with Crippen LogP contribution in [0.2, 0.25) is 0 Å². The quantitative estimate of drug-likeness (QED) is 0.787. The minimum Gasteiger partial charge on any atom is -0.476 e. The van der Waals surface area contributed by atoms with E-state index in [1.165, 1.54) is 64.2 Å². The standard InChI is InChI=1S/C17H28N2O2/c20-17(21)16-18-12-7-13-19(16,14-8-3-1-4-9-14)15-10-5-2-6-11-15/h7,13-16,18H,1-6,8-12H2/p+1. The Morgan fingerprint density at radius 1 is 0.952 bits per heavy atom. The molecule has 3 aliphatic rings. The van der Waals surface area contributed by atoms with Gasteiger partial charge in [0.15, 0.2) is 0 Å². The highest BCUT2D eigenvalue weighted by Gasteiger charge is 2.52. The highest BCUT2D eigenvalue weighted by Crippen LogP contribution is 2.40. The highest BCUT2D eigenvalue weighted by atomic mass is 16.4. The van der Waals surface area contributed by atoms with Gasteiger partial charge in [0, 0.05) is 6.54 Å². The minimum atomic E-state index is -0.671. The van der Waals surface area contributed by atoms with Gasteiger partial charge < -0.3 is 5.11 Å². The van der Waals surface area contributed by atoms with Crippen LogP contribution in [-0.2, 0) is 4.79 Å². The van der Waals surface area contributed by atoms with Gasteiger partial charge in [-0.05, 0) is 57.4 Å². The average Bonchev–Trinajstić information content (AvgIpc) is 2.56. The number of carboxylic acids is 1. The first-order valence-electron chi connectivity index (χ1n) is 8.77. The SMILES string of the molecule is O=C(O)C1NCC=C[N+]1(C1CCCCC1)C1CCCCC1. The third-order valence-electron chi connectivity index (χ3n) is 5.89. The molecule has 1 aliphatic heterocycles. The first-order chi connectivity index (χ1) is 10.2. The smallest absolute Gasteiger partial charge is 0.379 e. The van der Waals surface area contributed by atoms with Crippen LogP contribution >= 0.6 is 0 Å². The van der Waals surface area contributed by atoms with E-state index in [0.29, 0.717) is 23.1 Å². The lowest BCUT2D eigenvalue weighted by atomic mass is 9.84. The summed E-state index contributed by atoms with van der Waals surface area (Å²) in [5.74, 6) is -0.671. The molecule has 1 heterocycles. The maximum atomic E-state index is 11.9. The second kappa shape index (κ2) is 6.49. The highest BCUT2D eigenvalue weighted by molar-refractivity contribution is 5.72.